The molecule has 1 fully saturated rings. The molecule has 8 heteroatoms. The molecule has 0 saturated carbocycles. The third-order valence-electron chi connectivity index (χ3n) is 5.09. The molecule has 0 aliphatic carbocycles. The number of hydrogen-bond acceptors (Lipinski definition) is 5. The highest BCUT2D eigenvalue weighted by molar-refractivity contribution is 14.0. The van der Waals surface area contributed by atoms with E-state index in [1.165, 1.54) is 11.3 Å². The lowest BCUT2D eigenvalue weighted by Crippen LogP contribution is -2.36. The Morgan fingerprint density at radius 2 is 1.78 bits per heavy atom. The Labute approximate surface area is 206 Å². The van der Waals surface area contributed by atoms with Crippen LogP contribution in [0.3, 0.4) is 0 Å². The molecule has 1 aromatic heterocycles. The monoisotopic (exact) mass is 547 g/mol. The van der Waals surface area contributed by atoms with E-state index in [4.69, 9.17) is 14.1 Å². The molecule has 32 heavy (non-hydrogen) atoms. The highest BCUT2D eigenvalue weighted by Gasteiger charge is 2.11. The number of halogens is 1. The van der Waals surface area contributed by atoms with Crippen LogP contribution in [0.25, 0.3) is 11.5 Å². The number of anilines is 1. The van der Waals surface area contributed by atoms with E-state index in [1.54, 1.807) is 6.26 Å². The fourth-order valence-electron chi connectivity index (χ4n) is 3.42. The number of morpholine rings is 1. The van der Waals surface area contributed by atoms with Gasteiger partial charge in [-0.2, -0.15) is 0 Å². The van der Waals surface area contributed by atoms with Crippen LogP contribution < -0.4 is 15.5 Å². The largest absolute Gasteiger partial charge is 0.444 e. The van der Waals surface area contributed by atoms with Crippen molar-refractivity contribution in [2.45, 2.75) is 20.0 Å². The summed E-state index contributed by atoms with van der Waals surface area (Å²) in [6.07, 6.45) is 1.68. The molecule has 4 rings (SSSR count). The molecule has 0 atom stereocenters. The van der Waals surface area contributed by atoms with Gasteiger partial charge in [-0.25, -0.2) is 9.98 Å². The van der Waals surface area contributed by atoms with Crippen LogP contribution >= 0.6 is 24.0 Å². The summed E-state index contributed by atoms with van der Waals surface area (Å²) in [5, 5.41) is 6.61. The molecule has 0 radical (unpaired) electrons. The fraction of sp³-hybridized carbons (Fsp3) is 0.333. The molecule has 7 nitrogen and oxygen atoms in total. The van der Waals surface area contributed by atoms with E-state index in [0.29, 0.717) is 19.0 Å². The molecular weight excluding hydrogens is 517 g/mol. The van der Waals surface area contributed by atoms with Crippen molar-refractivity contribution in [3.8, 4) is 11.5 Å². The van der Waals surface area contributed by atoms with E-state index in [0.717, 1.165) is 50.1 Å². The summed E-state index contributed by atoms with van der Waals surface area (Å²) in [7, 11) is 0. The Morgan fingerprint density at radius 3 is 2.50 bits per heavy atom. The average Bonchev–Trinajstić information content (AvgIpc) is 3.31. The maximum Gasteiger partial charge on any atom is 0.226 e. The molecule has 2 heterocycles. The molecule has 1 saturated heterocycles. The first-order valence-corrected chi connectivity index (χ1v) is 10.8. The van der Waals surface area contributed by atoms with Gasteiger partial charge in [-0.3, -0.25) is 0 Å². The zero-order chi connectivity index (χ0) is 21.3. The minimum absolute atomic E-state index is 0. The summed E-state index contributed by atoms with van der Waals surface area (Å²) in [4.78, 5) is 11.6. The molecule has 2 aromatic carbocycles. The van der Waals surface area contributed by atoms with Gasteiger partial charge in [0.1, 0.15) is 6.26 Å². The lowest BCUT2D eigenvalue weighted by molar-refractivity contribution is 0.122. The number of oxazole rings is 1. The van der Waals surface area contributed by atoms with Crippen molar-refractivity contribution in [1.82, 2.24) is 15.6 Å². The van der Waals surface area contributed by atoms with Gasteiger partial charge in [0.15, 0.2) is 5.96 Å². The Morgan fingerprint density at radius 1 is 1.03 bits per heavy atom. The van der Waals surface area contributed by atoms with E-state index < -0.39 is 0 Å². The summed E-state index contributed by atoms with van der Waals surface area (Å²) >= 11 is 0. The molecule has 0 unspecified atom stereocenters. The summed E-state index contributed by atoms with van der Waals surface area (Å²) in [6, 6.07) is 18.5. The average molecular weight is 547 g/mol. The van der Waals surface area contributed by atoms with Crippen molar-refractivity contribution in [1.29, 1.82) is 0 Å². The van der Waals surface area contributed by atoms with Crippen LogP contribution in [0.5, 0.6) is 0 Å². The Balaban J connectivity index is 0.00000289. The van der Waals surface area contributed by atoms with Gasteiger partial charge in [0, 0.05) is 30.9 Å². The van der Waals surface area contributed by atoms with Crippen molar-refractivity contribution in [3.05, 3.63) is 72.1 Å². The van der Waals surface area contributed by atoms with Crippen LogP contribution in [0.2, 0.25) is 0 Å². The number of ether oxygens (including phenoxy) is 1. The lowest BCUT2D eigenvalue weighted by Gasteiger charge is -2.28. The van der Waals surface area contributed by atoms with E-state index in [-0.39, 0.29) is 24.0 Å². The van der Waals surface area contributed by atoms with E-state index in [1.807, 2.05) is 30.3 Å². The standard InChI is InChI=1S/C24H29N5O2.HI/c1-2-25-24(27-17-21-18-31-23(28-21)20-6-4-3-5-7-20)26-16-19-8-10-22(11-9-19)29-12-14-30-15-13-29;/h3-11,18H,2,12-17H2,1H3,(H2,25,26,27);1H. The van der Waals surface area contributed by atoms with Crippen LogP contribution in [0.15, 0.2) is 70.3 Å². The topological polar surface area (TPSA) is 74.9 Å². The molecule has 170 valence electrons. The van der Waals surface area contributed by atoms with Gasteiger partial charge in [0.05, 0.1) is 32.0 Å². The third-order valence-corrected chi connectivity index (χ3v) is 5.09. The van der Waals surface area contributed by atoms with Gasteiger partial charge < -0.3 is 24.7 Å². The summed E-state index contributed by atoms with van der Waals surface area (Å²) in [5.41, 5.74) is 4.21. The van der Waals surface area contributed by atoms with Gasteiger partial charge in [0.2, 0.25) is 5.89 Å². The number of nitrogens with one attached hydrogen (secondary N) is 2. The van der Waals surface area contributed by atoms with Crippen LogP contribution in [0.4, 0.5) is 5.69 Å². The fourth-order valence-corrected chi connectivity index (χ4v) is 3.42. The van der Waals surface area contributed by atoms with Gasteiger partial charge in [0.25, 0.3) is 0 Å². The van der Waals surface area contributed by atoms with Crippen LogP contribution in [0, 0.1) is 0 Å². The van der Waals surface area contributed by atoms with Crippen LogP contribution in [-0.4, -0.2) is 43.8 Å². The van der Waals surface area contributed by atoms with Crippen molar-refractivity contribution in [2.24, 2.45) is 4.99 Å². The second kappa shape index (κ2) is 12.4. The quantitative estimate of drug-likeness (QED) is 0.264. The van der Waals surface area contributed by atoms with E-state index >= 15 is 0 Å². The summed E-state index contributed by atoms with van der Waals surface area (Å²) < 4.78 is 11.0. The SMILES string of the molecule is CCNC(=NCc1ccc(N2CCOCC2)cc1)NCc1coc(-c2ccccc2)n1.I. The summed E-state index contributed by atoms with van der Waals surface area (Å²) in [6.45, 7) is 7.46. The first-order valence-electron chi connectivity index (χ1n) is 10.8. The zero-order valence-electron chi connectivity index (χ0n) is 18.3. The predicted molar refractivity (Wildman–Crippen MR) is 138 cm³/mol. The first-order chi connectivity index (χ1) is 15.3. The maximum absolute atomic E-state index is 5.61. The Hall–Kier alpha value is -2.59. The Bertz CT molecular complexity index is 970. The van der Waals surface area contributed by atoms with Crippen LogP contribution in [0.1, 0.15) is 18.2 Å². The third kappa shape index (κ3) is 6.70. The second-order valence-corrected chi connectivity index (χ2v) is 7.32. The first kappa shape index (κ1) is 24.1. The molecular formula is C24H30IN5O2. The number of aliphatic imine (C=N–C) groups is 1. The molecule has 0 spiro atoms. The summed E-state index contributed by atoms with van der Waals surface area (Å²) in [5.74, 6) is 1.38. The maximum atomic E-state index is 5.61. The molecule has 1 aliphatic rings. The smallest absolute Gasteiger partial charge is 0.226 e. The van der Waals surface area contributed by atoms with Crippen molar-refractivity contribution in [2.75, 3.05) is 37.7 Å². The Kier molecular flexibility index (Phi) is 9.36. The minimum Gasteiger partial charge on any atom is -0.444 e. The predicted octanol–water partition coefficient (Wildman–Crippen LogP) is 4.05. The van der Waals surface area contributed by atoms with Gasteiger partial charge in [-0.05, 0) is 36.8 Å². The van der Waals surface area contributed by atoms with Crippen molar-refractivity contribution < 1.29 is 9.15 Å². The number of guanidine groups is 1. The number of rotatable bonds is 7. The highest BCUT2D eigenvalue weighted by Crippen LogP contribution is 2.18. The molecule has 2 N–H and O–H groups in total. The number of benzene rings is 2. The molecule has 1 aliphatic heterocycles. The number of hydrogen-bond donors (Lipinski definition) is 2. The normalized spacial score (nSPS) is 14.0. The second-order valence-electron chi connectivity index (χ2n) is 7.32. The van der Waals surface area contributed by atoms with E-state index in [9.17, 15) is 0 Å². The zero-order valence-corrected chi connectivity index (χ0v) is 20.6. The van der Waals surface area contributed by atoms with Gasteiger partial charge >= 0.3 is 0 Å². The lowest BCUT2D eigenvalue weighted by atomic mass is 10.2. The number of aromatic nitrogens is 1. The molecule has 3 aromatic rings. The van der Waals surface area contributed by atoms with Gasteiger partial charge in [-0.15, -0.1) is 24.0 Å². The van der Waals surface area contributed by atoms with Gasteiger partial charge in [-0.1, -0.05) is 30.3 Å². The van der Waals surface area contributed by atoms with Crippen LogP contribution in [-0.2, 0) is 17.8 Å². The van der Waals surface area contributed by atoms with Crippen molar-refractivity contribution in [3.63, 3.8) is 0 Å². The molecule has 0 bridgehead atoms. The van der Waals surface area contributed by atoms with Crippen molar-refractivity contribution >= 4 is 35.6 Å². The number of nitrogens with zero attached hydrogens (tertiary/aromatic N) is 3. The molecule has 0 amide bonds. The minimum atomic E-state index is 0. The van der Waals surface area contributed by atoms with E-state index in [2.05, 4.69) is 51.7 Å². The highest BCUT2D eigenvalue weighted by atomic mass is 127.